The number of hydrogen-bond donors (Lipinski definition) is 0. The standard InChI is InChI=1S/C15H22F3N2.HI/c1-3-20(4-2)11-9-19(10-12-20)14-7-5-13(6-8-14)15(16,17)18;/h5-8H,3-4,9-12H2,1-2H3;1H/q+1;/p-1. The molecule has 1 aliphatic rings. The van der Waals surface area contributed by atoms with E-state index in [1.54, 1.807) is 12.1 Å². The minimum absolute atomic E-state index is 0. The van der Waals surface area contributed by atoms with Crippen molar-refractivity contribution < 1.29 is 41.6 Å². The smallest absolute Gasteiger partial charge is 0.416 e. The molecule has 1 aromatic carbocycles. The van der Waals surface area contributed by atoms with E-state index >= 15 is 0 Å². The zero-order valence-corrected chi connectivity index (χ0v) is 14.6. The lowest BCUT2D eigenvalue weighted by atomic mass is 10.1. The monoisotopic (exact) mass is 414 g/mol. The summed E-state index contributed by atoms with van der Waals surface area (Å²) in [6.45, 7) is 10.6. The molecule has 0 amide bonds. The molecule has 1 fully saturated rings. The van der Waals surface area contributed by atoms with Crippen molar-refractivity contribution in [1.29, 1.82) is 0 Å². The van der Waals surface area contributed by atoms with Crippen LogP contribution in [0.3, 0.4) is 0 Å². The highest BCUT2D eigenvalue weighted by atomic mass is 127. The first-order chi connectivity index (χ1) is 9.40. The lowest BCUT2D eigenvalue weighted by Gasteiger charge is -2.44. The Bertz CT molecular complexity index is 431. The molecule has 21 heavy (non-hydrogen) atoms. The second-order valence-electron chi connectivity index (χ2n) is 5.45. The minimum Gasteiger partial charge on any atom is -1.00 e. The number of hydrogen-bond acceptors (Lipinski definition) is 1. The van der Waals surface area contributed by atoms with Crippen molar-refractivity contribution >= 4 is 5.69 Å². The van der Waals surface area contributed by atoms with Crippen LogP contribution in [0.4, 0.5) is 18.9 Å². The van der Waals surface area contributed by atoms with Crippen LogP contribution in [0.15, 0.2) is 24.3 Å². The molecule has 120 valence electrons. The first-order valence-electron chi connectivity index (χ1n) is 7.17. The molecule has 0 aliphatic carbocycles. The number of nitrogens with zero attached hydrogens (tertiary/aromatic N) is 2. The molecule has 0 radical (unpaired) electrons. The fourth-order valence-corrected chi connectivity index (χ4v) is 2.86. The van der Waals surface area contributed by atoms with Crippen molar-refractivity contribution in [2.45, 2.75) is 20.0 Å². The third kappa shape index (κ3) is 4.25. The molecule has 1 aliphatic heterocycles. The van der Waals surface area contributed by atoms with Gasteiger partial charge in [-0.25, -0.2) is 0 Å². The zero-order chi connectivity index (χ0) is 14.8. The van der Waals surface area contributed by atoms with Gasteiger partial charge in [-0.15, -0.1) is 0 Å². The van der Waals surface area contributed by atoms with Gasteiger partial charge in [-0.05, 0) is 38.1 Å². The van der Waals surface area contributed by atoms with Crippen molar-refractivity contribution in [2.75, 3.05) is 44.2 Å². The average Bonchev–Trinajstić information content (AvgIpc) is 2.47. The Kier molecular flexibility index (Phi) is 6.34. The van der Waals surface area contributed by atoms with Gasteiger partial charge in [0.2, 0.25) is 0 Å². The number of rotatable bonds is 3. The van der Waals surface area contributed by atoms with Gasteiger partial charge in [0.15, 0.2) is 0 Å². The number of likely N-dealkylation sites (N-methyl/N-ethyl adjacent to an activating group) is 1. The van der Waals surface area contributed by atoms with Crippen LogP contribution in [0, 0.1) is 0 Å². The van der Waals surface area contributed by atoms with Gasteiger partial charge in [-0.2, -0.15) is 13.2 Å². The summed E-state index contributed by atoms with van der Waals surface area (Å²) < 4.78 is 38.7. The van der Waals surface area contributed by atoms with Gasteiger partial charge < -0.3 is 33.4 Å². The van der Waals surface area contributed by atoms with Crippen molar-refractivity contribution in [3.8, 4) is 0 Å². The van der Waals surface area contributed by atoms with Crippen LogP contribution in [-0.4, -0.2) is 43.8 Å². The molecular weight excluding hydrogens is 392 g/mol. The predicted molar refractivity (Wildman–Crippen MR) is 74.7 cm³/mol. The first-order valence-corrected chi connectivity index (χ1v) is 7.17. The number of quaternary nitrogens is 1. The Morgan fingerprint density at radius 1 is 1.00 bits per heavy atom. The minimum atomic E-state index is -4.25. The van der Waals surface area contributed by atoms with Crippen molar-refractivity contribution in [1.82, 2.24) is 0 Å². The molecule has 1 saturated heterocycles. The molecule has 1 aromatic rings. The lowest BCUT2D eigenvalue weighted by molar-refractivity contribution is -0.925. The van der Waals surface area contributed by atoms with E-state index in [9.17, 15) is 13.2 Å². The van der Waals surface area contributed by atoms with E-state index in [0.29, 0.717) is 0 Å². The summed E-state index contributed by atoms with van der Waals surface area (Å²) in [5.41, 5.74) is 0.313. The highest BCUT2D eigenvalue weighted by molar-refractivity contribution is 5.48. The Balaban J connectivity index is 0.00000220. The molecule has 6 heteroatoms. The summed E-state index contributed by atoms with van der Waals surface area (Å²) in [5, 5.41) is 0. The fraction of sp³-hybridized carbons (Fsp3) is 0.600. The molecule has 1 heterocycles. The maximum Gasteiger partial charge on any atom is 0.416 e. The van der Waals surface area contributed by atoms with Crippen LogP contribution in [0.5, 0.6) is 0 Å². The molecule has 2 rings (SSSR count). The van der Waals surface area contributed by atoms with Gasteiger partial charge >= 0.3 is 6.18 Å². The topological polar surface area (TPSA) is 3.24 Å². The van der Waals surface area contributed by atoms with Gasteiger partial charge in [0, 0.05) is 5.69 Å². The summed E-state index contributed by atoms with van der Waals surface area (Å²) in [6, 6.07) is 5.51. The molecule has 0 spiro atoms. The molecule has 0 N–H and O–H groups in total. The van der Waals surface area contributed by atoms with Crippen LogP contribution in [0.1, 0.15) is 19.4 Å². The van der Waals surface area contributed by atoms with Crippen molar-refractivity contribution in [2.24, 2.45) is 0 Å². The van der Waals surface area contributed by atoms with Gasteiger partial charge in [-0.1, -0.05) is 0 Å². The van der Waals surface area contributed by atoms with Gasteiger partial charge in [0.05, 0.1) is 44.8 Å². The Morgan fingerprint density at radius 3 is 1.86 bits per heavy atom. The second kappa shape index (κ2) is 7.17. The van der Waals surface area contributed by atoms with Gasteiger partial charge in [0.1, 0.15) is 0 Å². The van der Waals surface area contributed by atoms with Crippen LogP contribution < -0.4 is 28.9 Å². The van der Waals surface area contributed by atoms with E-state index in [-0.39, 0.29) is 24.0 Å². The number of benzene rings is 1. The fourth-order valence-electron chi connectivity index (χ4n) is 2.86. The molecule has 0 saturated carbocycles. The summed E-state index contributed by atoms with van der Waals surface area (Å²) in [4.78, 5) is 2.18. The maximum atomic E-state index is 12.5. The number of alkyl halides is 3. The van der Waals surface area contributed by atoms with E-state index in [2.05, 4.69) is 18.7 Å². The van der Waals surface area contributed by atoms with Crippen molar-refractivity contribution in [3.05, 3.63) is 29.8 Å². The Labute approximate surface area is 141 Å². The average molecular weight is 414 g/mol. The predicted octanol–water partition coefficient (Wildman–Crippen LogP) is 0.386. The van der Waals surface area contributed by atoms with Gasteiger partial charge in [-0.3, -0.25) is 0 Å². The normalized spacial score (nSPS) is 18.2. The number of anilines is 1. The van der Waals surface area contributed by atoms with E-state index in [0.717, 1.165) is 49.4 Å². The molecule has 0 aromatic heterocycles. The highest BCUT2D eigenvalue weighted by Crippen LogP contribution is 2.31. The maximum absolute atomic E-state index is 12.5. The Morgan fingerprint density at radius 2 is 1.48 bits per heavy atom. The van der Waals surface area contributed by atoms with Crippen LogP contribution in [-0.2, 0) is 6.18 Å². The molecule has 0 unspecified atom stereocenters. The first kappa shape index (κ1) is 18.5. The molecule has 2 nitrogen and oxygen atoms in total. The summed E-state index contributed by atoms with van der Waals surface area (Å²) in [6.07, 6.45) is -4.25. The third-order valence-corrected chi connectivity index (χ3v) is 4.59. The molecule has 0 bridgehead atoms. The van der Waals surface area contributed by atoms with E-state index in [1.807, 2.05) is 0 Å². The summed E-state index contributed by atoms with van der Waals surface area (Å²) in [7, 11) is 0. The quantitative estimate of drug-likeness (QED) is 0.511. The van der Waals surface area contributed by atoms with Crippen LogP contribution in [0.2, 0.25) is 0 Å². The van der Waals surface area contributed by atoms with E-state index in [1.165, 1.54) is 12.1 Å². The van der Waals surface area contributed by atoms with Gasteiger partial charge in [0.25, 0.3) is 0 Å². The zero-order valence-electron chi connectivity index (χ0n) is 12.5. The largest absolute Gasteiger partial charge is 1.00 e. The molecule has 0 atom stereocenters. The summed E-state index contributed by atoms with van der Waals surface area (Å²) in [5.74, 6) is 0. The number of piperazine rings is 1. The van der Waals surface area contributed by atoms with E-state index in [4.69, 9.17) is 0 Å². The lowest BCUT2D eigenvalue weighted by Crippen LogP contribution is -3.00. The summed E-state index contributed by atoms with van der Waals surface area (Å²) >= 11 is 0. The SMILES string of the molecule is CC[N+]1(CC)CCN(c2ccc(C(F)(F)F)cc2)CC1.[I-]. The highest BCUT2D eigenvalue weighted by Gasteiger charge is 2.32. The van der Waals surface area contributed by atoms with Crippen LogP contribution in [0.25, 0.3) is 0 Å². The van der Waals surface area contributed by atoms with E-state index < -0.39 is 11.7 Å². The number of halogens is 4. The van der Waals surface area contributed by atoms with Crippen LogP contribution >= 0.6 is 0 Å². The Hall–Kier alpha value is -0.500. The second-order valence-corrected chi connectivity index (χ2v) is 5.45. The molecular formula is C15H22F3IN2. The third-order valence-electron chi connectivity index (χ3n) is 4.59. The van der Waals surface area contributed by atoms with Crippen molar-refractivity contribution in [3.63, 3.8) is 0 Å².